The fraction of sp³-hybridized carbons (Fsp3) is 0.333. The Morgan fingerprint density at radius 1 is 0.912 bits per heavy atom. The van der Waals surface area contributed by atoms with Crippen molar-refractivity contribution in [2.75, 3.05) is 0 Å². The van der Waals surface area contributed by atoms with E-state index in [2.05, 4.69) is 0 Å². The minimum Gasteiger partial charge on any atom is -0.480 e. The van der Waals surface area contributed by atoms with Crippen molar-refractivity contribution in [3.05, 3.63) is 59.7 Å². The van der Waals surface area contributed by atoms with Gasteiger partial charge >= 0.3 is 23.9 Å². The van der Waals surface area contributed by atoms with E-state index < -0.39 is 41.1 Å². The monoisotopic (exact) mass is 473 g/mol. The van der Waals surface area contributed by atoms with Gasteiger partial charge in [0.25, 0.3) is 0 Å². The Hall–Kier alpha value is -3.76. The number of benzene rings is 2. The molecule has 0 aromatic heterocycles. The standard InChI is InChI=1S/C24H27NO9/c1-23(2,31)21(29)33-18-13-14(12-16(25)19(26)27)10-11-17(18)32-22(30)24(3,4)34-20(28)15-8-6-5-7-9-15/h5-11,13,16,31H,12,25H2,1-4H3,(H,26,27)/t16-/m0/s1. The normalized spacial score (nSPS) is 12.4. The highest BCUT2D eigenvalue weighted by Crippen LogP contribution is 2.31. The molecule has 0 amide bonds. The van der Waals surface area contributed by atoms with Crippen LogP contribution in [0.5, 0.6) is 11.5 Å². The van der Waals surface area contributed by atoms with Gasteiger partial charge in [-0.25, -0.2) is 14.4 Å². The molecule has 0 aliphatic heterocycles. The Kier molecular flexibility index (Phi) is 8.14. The van der Waals surface area contributed by atoms with Gasteiger partial charge in [0.05, 0.1) is 5.56 Å². The number of aliphatic hydroxyl groups is 1. The molecule has 2 aromatic carbocycles. The van der Waals surface area contributed by atoms with Crippen molar-refractivity contribution in [2.45, 2.75) is 51.4 Å². The first-order valence-electron chi connectivity index (χ1n) is 10.3. The lowest BCUT2D eigenvalue weighted by molar-refractivity contribution is -0.154. The van der Waals surface area contributed by atoms with Crippen LogP contribution in [-0.4, -0.2) is 51.3 Å². The summed E-state index contributed by atoms with van der Waals surface area (Å²) in [4.78, 5) is 48.4. The second-order valence-corrected chi connectivity index (χ2v) is 8.53. The molecule has 0 saturated carbocycles. The third-order valence-corrected chi connectivity index (χ3v) is 4.53. The number of hydrogen-bond donors (Lipinski definition) is 3. The van der Waals surface area contributed by atoms with Gasteiger partial charge < -0.3 is 30.2 Å². The Labute approximate surface area is 196 Å². The average Bonchev–Trinajstić information content (AvgIpc) is 2.74. The van der Waals surface area contributed by atoms with Gasteiger partial charge in [-0.2, -0.15) is 0 Å². The molecule has 1 atom stereocenters. The first kappa shape index (κ1) is 26.5. The predicted molar refractivity (Wildman–Crippen MR) is 119 cm³/mol. The number of nitrogens with two attached hydrogens (primary N) is 1. The molecule has 2 rings (SSSR count). The maximum Gasteiger partial charge on any atom is 0.355 e. The van der Waals surface area contributed by atoms with E-state index in [1.165, 1.54) is 58.0 Å². The molecule has 182 valence electrons. The largest absolute Gasteiger partial charge is 0.480 e. The Balaban J connectivity index is 2.28. The molecule has 4 N–H and O–H groups in total. The molecule has 0 unspecified atom stereocenters. The Morgan fingerprint density at radius 3 is 2.06 bits per heavy atom. The van der Waals surface area contributed by atoms with Crippen LogP contribution in [0.4, 0.5) is 0 Å². The zero-order chi connectivity index (χ0) is 25.7. The van der Waals surface area contributed by atoms with Crippen LogP contribution in [-0.2, 0) is 25.5 Å². The summed E-state index contributed by atoms with van der Waals surface area (Å²) in [5, 5.41) is 18.9. The highest BCUT2D eigenvalue weighted by molar-refractivity contribution is 5.93. The lowest BCUT2D eigenvalue weighted by atomic mass is 10.1. The molecule has 0 aliphatic rings. The fourth-order valence-corrected chi connectivity index (χ4v) is 2.54. The van der Waals surface area contributed by atoms with E-state index >= 15 is 0 Å². The van der Waals surface area contributed by atoms with Crippen LogP contribution in [0.3, 0.4) is 0 Å². The van der Waals surface area contributed by atoms with Gasteiger partial charge in [-0.15, -0.1) is 0 Å². The molecule has 10 heteroatoms. The number of ether oxygens (including phenoxy) is 3. The fourth-order valence-electron chi connectivity index (χ4n) is 2.54. The lowest BCUT2D eigenvalue weighted by Gasteiger charge is -2.24. The number of rotatable bonds is 9. The molecule has 0 aliphatic carbocycles. The number of carboxylic acid groups (broad SMARTS) is 1. The van der Waals surface area contributed by atoms with E-state index in [4.69, 9.17) is 25.1 Å². The van der Waals surface area contributed by atoms with Crippen molar-refractivity contribution < 1.29 is 43.6 Å². The molecule has 0 bridgehead atoms. The number of carbonyl (C=O) groups excluding carboxylic acids is 3. The quantitative estimate of drug-likeness (QED) is 0.362. The number of esters is 3. The van der Waals surface area contributed by atoms with E-state index in [-0.39, 0.29) is 23.5 Å². The summed E-state index contributed by atoms with van der Waals surface area (Å²) in [6, 6.07) is 10.8. The van der Waals surface area contributed by atoms with Gasteiger partial charge in [0, 0.05) is 0 Å². The van der Waals surface area contributed by atoms with E-state index in [0.29, 0.717) is 5.56 Å². The molecular weight excluding hydrogens is 446 g/mol. The molecular formula is C24H27NO9. The zero-order valence-electron chi connectivity index (χ0n) is 19.2. The molecule has 34 heavy (non-hydrogen) atoms. The zero-order valence-corrected chi connectivity index (χ0v) is 19.2. The summed E-state index contributed by atoms with van der Waals surface area (Å²) < 4.78 is 15.8. The number of aliphatic carboxylic acids is 1. The van der Waals surface area contributed by atoms with E-state index in [9.17, 15) is 24.3 Å². The summed E-state index contributed by atoms with van der Waals surface area (Å²) >= 11 is 0. The molecule has 0 saturated heterocycles. The molecule has 2 aromatic rings. The van der Waals surface area contributed by atoms with Crippen LogP contribution in [0.25, 0.3) is 0 Å². The van der Waals surface area contributed by atoms with E-state index in [0.717, 1.165) is 0 Å². The topological polar surface area (TPSA) is 162 Å². The first-order chi connectivity index (χ1) is 15.7. The van der Waals surface area contributed by atoms with Crippen LogP contribution in [0, 0.1) is 0 Å². The summed E-state index contributed by atoms with van der Waals surface area (Å²) in [5.74, 6) is -4.44. The van der Waals surface area contributed by atoms with Crippen LogP contribution in [0.2, 0.25) is 0 Å². The maximum atomic E-state index is 12.8. The number of hydrogen-bond acceptors (Lipinski definition) is 9. The van der Waals surface area contributed by atoms with Crippen LogP contribution in [0.15, 0.2) is 48.5 Å². The van der Waals surface area contributed by atoms with Gasteiger partial charge in [-0.05, 0) is 63.9 Å². The van der Waals surface area contributed by atoms with Gasteiger partial charge in [-0.1, -0.05) is 24.3 Å². The van der Waals surface area contributed by atoms with Gasteiger partial charge in [0.2, 0.25) is 5.60 Å². The third kappa shape index (κ3) is 7.12. The molecule has 0 heterocycles. The van der Waals surface area contributed by atoms with Crippen molar-refractivity contribution in [1.82, 2.24) is 0 Å². The smallest absolute Gasteiger partial charge is 0.355 e. The summed E-state index contributed by atoms with van der Waals surface area (Å²) in [6.07, 6.45) is -0.100. The van der Waals surface area contributed by atoms with Gasteiger partial charge in [0.1, 0.15) is 6.04 Å². The van der Waals surface area contributed by atoms with Crippen molar-refractivity contribution >= 4 is 23.9 Å². The molecule has 0 spiro atoms. The summed E-state index contributed by atoms with van der Waals surface area (Å²) in [6.45, 7) is 5.08. The molecule has 10 nitrogen and oxygen atoms in total. The Morgan fingerprint density at radius 2 is 1.50 bits per heavy atom. The SMILES string of the molecule is CC(C)(O)C(=O)Oc1cc(C[C@H](N)C(=O)O)ccc1OC(=O)C(C)(C)OC(=O)c1ccccc1. The Bertz CT molecular complexity index is 1070. The van der Waals surface area contributed by atoms with E-state index in [1.54, 1.807) is 18.2 Å². The van der Waals surface area contributed by atoms with Gasteiger partial charge in [-0.3, -0.25) is 4.79 Å². The minimum atomic E-state index is -1.86. The highest BCUT2D eigenvalue weighted by atomic mass is 16.6. The van der Waals surface area contributed by atoms with Crippen molar-refractivity contribution in [1.29, 1.82) is 0 Å². The maximum absolute atomic E-state index is 12.8. The second-order valence-electron chi connectivity index (χ2n) is 8.53. The average molecular weight is 473 g/mol. The van der Waals surface area contributed by atoms with Gasteiger partial charge in [0.15, 0.2) is 17.1 Å². The lowest BCUT2D eigenvalue weighted by Crippen LogP contribution is -2.40. The first-order valence-corrected chi connectivity index (χ1v) is 10.3. The predicted octanol–water partition coefficient (Wildman–Crippen LogP) is 1.86. The molecule has 0 radical (unpaired) electrons. The van der Waals surface area contributed by atoms with Crippen LogP contribution in [0.1, 0.15) is 43.6 Å². The molecule has 0 fully saturated rings. The third-order valence-electron chi connectivity index (χ3n) is 4.53. The summed E-state index contributed by atoms with van der Waals surface area (Å²) in [5.41, 5.74) is 2.60. The van der Waals surface area contributed by atoms with E-state index in [1.807, 2.05) is 0 Å². The number of carbonyl (C=O) groups is 4. The van der Waals surface area contributed by atoms with Crippen LogP contribution < -0.4 is 15.2 Å². The summed E-state index contributed by atoms with van der Waals surface area (Å²) in [7, 11) is 0. The highest BCUT2D eigenvalue weighted by Gasteiger charge is 2.36. The minimum absolute atomic E-state index is 0.100. The van der Waals surface area contributed by atoms with Crippen molar-refractivity contribution in [3.63, 3.8) is 0 Å². The van der Waals surface area contributed by atoms with Crippen LogP contribution >= 0.6 is 0 Å². The second kappa shape index (κ2) is 10.4. The van der Waals surface area contributed by atoms with Crippen molar-refractivity contribution in [2.24, 2.45) is 5.73 Å². The number of carboxylic acids is 1. The van der Waals surface area contributed by atoms with Crippen molar-refractivity contribution in [3.8, 4) is 11.5 Å².